The van der Waals surface area contributed by atoms with Crippen LogP contribution in [0.2, 0.25) is 5.02 Å². The Morgan fingerprint density at radius 3 is 2.37 bits per heavy atom. The molecule has 0 radical (unpaired) electrons. The highest BCUT2D eigenvalue weighted by atomic mass is 79.9. The Balaban J connectivity index is 1.25. The lowest BCUT2D eigenvalue weighted by Gasteiger charge is -2.25. The molecule has 3 aliphatic rings. The van der Waals surface area contributed by atoms with E-state index >= 15 is 0 Å². The Labute approximate surface area is 231 Å². The minimum absolute atomic E-state index is 0.251. The maximum atomic E-state index is 13.6. The van der Waals surface area contributed by atoms with Gasteiger partial charge in [0, 0.05) is 15.9 Å². The fourth-order valence-electron chi connectivity index (χ4n) is 4.90. The molecule has 11 heteroatoms. The van der Waals surface area contributed by atoms with E-state index in [2.05, 4.69) is 31.4 Å². The van der Waals surface area contributed by atoms with E-state index in [0.29, 0.717) is 17.1 Å². The van der Waals surface area contributed by atoms with Crippen LogP contribution in [-0.2, 0) is 14.4 Å². The van der Waals surface area contributed by atoms with Crippen molar-refractivity contribution in [1.82, 2.24) is 10.0 Å². The van der Waals surface area contributed by atoms with Gasteiger partial charge >= 0.3 is 0 Å². The summed E-state index contributed by atoms with van der Waals surface area (Å²) in [5, 5.41) is 16.0. The van der Waals surface area contributed by atoms with Crippen LogP contribution in [0.5, 0.6) is 0 Å². The first-order valence-electron chi connectivity index (χ1n) is 11.9. The average molecular weight is 592 g/mol. The third-order valence-electron chi connectivity index (χ3n) is 6.77. The van der Waals surface area contributed by atoms with E-state index < -0.39 is 23.9 Å². The normalized spacial score (nSPS) is 22.3. The standard InChI is InChI=1S/C27H20BrClN6O3/c28-18-8-6-16(7-9-18)21-14-22(17-4-2-1-3-5-17)35(31-21)23(36)15-33-25-24(30-32-33)26(37)34(27(25)38)20-12-10-19(29)11-13-20/h1-13,22,24-25H,14-15H2/t22-,24-,25+/m1/s1. The van der Waals surface area contributed by atoms with Crippen LogP contribution >= 0.6 is 27.5 Å². The third-order valence-corrected chi connectivity index (χ3v) is 7.55. The summed E-state index contributed by atoms with van der Waals surface area (Å²) in [5.74, 6) is -1.32. The molecule has 6 rings (SSSR count). The minimum Gasteiger partial charge on any atom is -0.271 e. The number of carbonyl (C=O) groups excluding carboxylic acids is 3. The number of halogens is 2. The van der Waals surface area contributed by atoms with Gasteiger partial charge in [0.2, 0.25) is 0 Å². The number of hydrogen-bond acceptors (Lipinski definition) is 7. The van der Waals surface area contributed by atoms with Gasteiger partial charge in [-0.2, -0.15) is 10.2 Å². The number of amides is 3. The molecule has 0 bridgehead atoms. The van der Waals surface area contributed by atoms with E-state index in [1.54, 1.807) is 24.3 Å². The first-order chi connectivity index (χ1) is 18.4. The monoisotopic (exact) mass is 590 g/mol. The van der Waals surface area contributed by atoms with Gasteiger partial charge in [-0.1, -0.05) is 75.2 Å². The fourth-order valence-corrected chi connectivity index (χ4v) is 5.29. The number of carbonyl (C=O) groups is 3. The van der Waals surface area contributed by atoms with Crippen molar-refractivity contribution in [2.75, 3.05) is 11.4 Å². The summed E-state index contributed by atoms with van der Waals surface area (Å²) in [6, 6.07) is 21.5. The summed E-state index contributed by atoms with van der Waals surface area (Å²) in [7, 11) is 0. The number of anilines is 1. The van der Waals surface area contributed by atoms with Crippen molar-refractivity contribution in [3.63, 3.8) is 0 Å². The van der Waals surface area contributed by atoms with Crippen LogP contribution in [0.25, 0.3) is 0 Å². The highest BCUT2D eigenvalue weighted by Gasteiger charge is 2.55. The zero-order chi connectivity index (χ0) is 26.4. The van der Waals surface area contributed by atoms with Crippen molar-refractivity contribution in [2.45, 2.75) is 24.5 Å². The zero-order valence-electron chi connectivity index (χ0n) is 19.8. The van der Waals surface area contributed by atoms with E-state index in [9.17, 15) is 14.4 Å². The lowest BCUT2D eigenvalue weighted by atomic mass is 9.98. The summed E-state index contributed by atoms with van der Waals surface area (Å²) >= 11 is 9.41. The van der Waals surface area contributed by atoms with Gasteiger partial charge in [0.15, 0.2) is 12.1 Å². The van der Waals surface area contributed by atoms with Crippen molar-refractivity contribution < 1.29 is 14.4 Å². The summed E-state index contributed by atoms with van der Waals surface area (Å²) < 4.78 is 0.949. The van der Waals surface area contributed by atoms with E-state index in [4.69, 9.17) is 11.6 Å². The molecule has 0 aliphatic carbocycles. The third kappa shape index (κ3) is 4.29. The molecule has 3 aliphatic heterocycles. The number of benzene rings is 3. The largest absolute Gasteiger partial charge is 0.271 e. The van der Waals surface area contributed by atoms with Crippen LogP contribution in [0.4, 0.5) is 5.69 Å². The number of rotatable bonds is 5. The van der Waals surface area contributed by atoms with Crippen molar-refractivity contribution in [1.29, 1.82) is 0 Å². The molecule has 3 heterocycles. The Hall–Kier alpha value is -3.89. The predicted octanol–water partition coefficient (Wildman–Crippen LogP) is 4.77. The Bertz CT molecular complexity index is 1480. The summed E-state index contributed by atoms with van der Waals surface area (Å²) in [6.45, 7) is -0.251. The first-order valence-corrected chi connectivity index (χ1v) is 13.1. The molecule has 38 heavy (non-hydrogen) atoms. The van der Waals surface area contributed by atoms with Crippen LogP contribution in [-0.4, -0.2) is 52.1 Å². The fraction of sp³-hybridized carbons (Fsp3) is 0.185. The zero-order valence-corrected chi connectivity index (χ0v) is 22.2. The molecule has 9 nitrogen and oxygen atoms in total. The molecule has 0 aromatic heterocycles. The maximum Gasteiger partial charge on any atom is 0.264 e. The average Bonchev–Trinajstić information content (AvgIpc) is 3.61. The minimum atomic E-state index is -1.00. The number of hydrazone groups is 1. The number of fused-ring (bicyclic) bond motifs is 1. The van der Waals surface area contributed by atoms with Gasteiger partial charge in [-0.25, -0.2) is 9.91 Å². The summed E-state index contributed by atoms with van der Waals surface area (Å²) in [4.78, 5) is 41.0. The molecule has 1 saturated heterocycles. The Kier molecular flexibility index (Phi) is 6.29. The van der Waals surface area contributed by atoms with Crippen LogP contribution in [0.15, 0.2) is 98.8 Å². The SMILES string of the molecule is O=C1[C@@H]2[C@@H](N=NN2CC(=O)N2N=C(c3ccc(Br)cc3)C[C@@H]2c2ccccc2)C(=O)N1c1ccc(Cl)cc1. The molecule has 1 fully saturated rings. The van der Waals surface area contributed by atoms with Crippen LogP contribution in [0.3, 0.4) is 0 Å². The van der Waals surface area contributed by atoms with Gasteiger partial charge in [0.25, 0.3) is 17.7 Å². The van der Waals surface area contributed by atoms with Gasteiger partial charge < -0.3 is 0 Å². The van der Waals surface area contributed by atoms with E-state index in [-0.39, 0.29) is 18.5 Å². The molecular formula is C27H20BrClN6O3. The molecule has 0 unspecified atom stereocenters. The van der Waals surface area contributed by atoms with Gasteiger partial charge in [0.1, 0.15) is 6.54 Å². The second kappa shape index (κ2) is 9.77. The van der Waals surface area contributed by atoms with Crippen molar-refractivity contribution in [3.8, 4) is 0 Å². The molecule has 0 saturated carbocycles. The number of nitrogens with zero attached hydrogens (tertiary/aromatic N) is 6. The van der Waals surface area contributed by atoms with E-state index in [1.807, 2.05) is 54.6 Å². The number of imide groups is 1. The Morgan fingerprint density at radius 2 is 1.66 bits per heavy atom. The van der Waals surface area contributed by atoms with Gasteiger partial charge in [-0.05, 0) is 47.5 Å². The molecule has 0 spiro atoms. The first kappa shape index (κ1) is 24.4. The summed E-state index contributed by atoms with van der Waals surface area (Å²) in [6.07, 6.45) is 0.534. The molecular weight excluding hydrogens is 572 g/mol. The van der Waals surface area contributed by atoms with Crippen LogP contribution < -0.4 is 4.90 Å². The smallest absolute Gasteiger partial charge is 0.264 e. The number of hydrogen-bond donors (Lipinski definition) is 0. The van der Waals surface area contributed by atoms with Crippen LogP contribution in [0, 0.1) is 0 Å². The topological polar surface area (TPSA) is 98.0 Å². The highest BCUT2D eigenvalue weighted by molar-refractivity contribution is 9.10. The lowest BCUT2D eigenvalue weighted by Crippen LogP contribution is -2.44. The molecule has 0 N–H and O–H groups in total. The van der Waals surface area contributed by atoms with Crippen molar-refractivity contribution >= 4 is 56.7 Å². The predicted molar refractivity (Wildman–Crippen MR) is 144 cm³/mol. The molecule has 190 valence electrons. The lowest BCUT2D eigenvalue weighted by molar-refractivity contribution is -0.135. The van der Waals surface area contributed by atoms with Gasteiger partial charge in [-0.3, -0.25) is 19.4 Å². The van der Waals surface area contributed by atoms with Crippen LogP contribution in [0.1, 0.15) is 23.6 Å². The molecule has 3 atom stereocenters. The molecule has 3 aromatic carbocycles. The van der Waals surface area contributed by atoms with E-state index in [0.717, 1.165) is 26.2 Å². The summed E-state index contributed by atoms with van der Waals surface area (Å²) in [5.41, 5.74) is 3.04. The van der Waals surface area contributed by atoms with Gasteiger partial charge in [0.05, 0.1) is 17.4 Å². The van der Waals surface area contributed by atoms with Crippen molar-refractivity contribution in [3.05, 3.63) is 99.5 Å². The highest BCUT2D eigenvalue weighted by Crippen LogP contribution is 2.35. The molecule has 3 aromatic rings. The second-order valence-electron chi connectivity index (χ2n) is 9.10. The Morgan fingerprint density at radius 1 is 0.947 bits per heavy atom. The molecule has 3 amide bonds. The van der Waals surface area contributed by atoms with Gasteiger partial charge in [-0.15, -0.1) is 0 Å². The second-order valence-corrected chi connectivity index (χ2v) is 10.5. The quantitative estimate of drug-likeness (QED) is 0.399. The van der Waals surface area contributed by atoms with Crippen molar-refractivity contribution in [2.24, 2.45) is 15.4 Å². The van der Waals surface area contributed by atoms with E-state index in [1.165, 1.54) is 10.0 Å². The maximum absolute atomic E-state index is 13.6.